The average molecular weight is 675 g/mol. The highest BCUT2D eigenvalue weighted by atomic mass is 16.3. The predicted octanol–water partition coefficient (Wildman–Crippen LogP) is 12.2. The zero-order chi connectivity index (χ0) is 35.2. The van der Waals surface area contributed by atoms with Gasteiger partial charge in [-0.15, -0.1) is 0 Å². The van der Waals surface area contributed by atoms with E-state index in [1.54, 1.807) is 0 Å². The Morgan fingerprint density at radius 1 is 0.500 bits per heavy atom. The van der Waals surface area contributed by atoms with Crippen LogP contribution in [0.15, 0.2) is 138 Å². The highest BCUT2D eigenvalue weighted by Crippen LogP contribution is 2.49. The molecule has 0 radical (unpaired) electrons. The standard InChI is InChI=1S/C47H38N4O/c1-46(2)24-25-47(3,4)37-28-39-34(27-36(37)46)32-18-11-12-20-38(32)51(39)31-22-23-40-35(26-31)42-33(19-13-21-41(42)52-40)45-49-43(29-14-7-5-8-15-29)48-44(50-45)30-16-9-6-10-17-30/h5-23,26-28H,24-25H2,1-4H3. The maximum Gasteiger partial charge on any atom is 0.164 e. The van der Waals surface area contributed by atoms with Crippen molar-refractivity contribution in [3.63, 3.8) is 0 Å². The van der Waals surface area contributed by atoms with Crippen LogP contribution in [0.3, 0.4) is 0 Å². The minimum Gasteiger partial charge on any atom is -0.456 e. The van der Waals surface area contributed by atoms with Crippen molar-refractivity contribution in [1.29, 1.82) is 0 Å². The van der Waals surface area contributed by atoms with E-state index in [0.29, 0.717) is 17.5 Å². The molecule has 9 aromatic rings. The van der Waals surface area contributed by atoms with Gasteiger partial charge in [0.2, 0.25) is 0 Å². The van der Waals surface area contributed by atoms with E-state index in [-0.39, 0.29) is 10.8 Å². The summed E-state index contributed by atoms with van der Waals surface area (Å²) in [6.07, 6.45) is 2.36. The average Bonchev–Trinajstić information content (AvgIpc) is 3.72. The molecule has 5 heteroatoms. The molecule has 0 spiro atoms. The van der Waals surface area contributed by atoms with Gasteiger partial charge in [-0.2, -0.15) is 0 Å². The van der Waals surface area contributed by atoms with Crippen LogP contribution in [0.5, 0.6) is 0 Å². The second kappa shape index (κ2) is 11.2. The number of rotatable bonds is 4. The van der Waals surface area contributed by atoms with Crippen molar-refractivity contribution in [3.8, 4) is 39.9 Å². The van der Waals surface area contributed by atoms with Gasteiger partial charge in [0.25, 0.3) is 0 Å². The third-order valence-corrected chi connectivity index (χ3v) is 11.3. The van der Waals surface area contributed by atoms with Crippen LogP contribution >= 0.6 is 0 Å². The topological polar surface area (TPSA) is 56.7 Å². The molecule has 3 heterocycles. The molecule has 0 saturated carbocycles. The van der Waals surface area contributed by atoms with Gasteiger partial charge in [0, 0.05) is 43.9 Å². The summed E-state index contributed by atoms with van der Waals surface area (Å²) in [7, 11) is 0. The number of furan rings is 1. The number of hydrogen-bond donors (Lipinski definition) is 0. The first-order valence-corrected chi connectivity index (χ1v) is 18.2. The molecular weight excluding hydrogens is 637 g/mol. The summed E-state index contributed by atoms with van der Waals surface area (Å²) in [5, 5.41) is 4.58. The quantitative estimate of drug-likeness (QED) is 0.186. The summed E-state index contributed by atoms with van der Waals surface area (Å²) >= 11 is 0. The summed E-state index contributed by atoms with van der Waals surface area (Å²) in [6, 6.07) is 46.7. The third-order valence-electron chi connectivity index (χ3n) is 11.3. The first-order valence-electron chi connectivity index (χ1n) is 18.2. The van der Waals surface area contributed by atoms with E-state index in [2.05, 4.69) is 92.9 Å². The molecule has 10 rings (SSSR count). The molecule has 0 unspecified atom stereocenters. The normalized spacial score (nSPS) is 15.1. The van der Waals surface area contributed by atoms with Gasteiger partial charge >= 0.3 is 0 Å². The summed E-state index contributed by atoms with van der Waals surface area (Å²) in [4.78, 5) is 15.1. The van der Waals surface area contributed by atoms with Crippen molar-refractivity contribution >= 4 is 43.7 Å². The molecule has 0 aliphatic heterocycles. The molecule has 0 amide bonds. The zero-order valence-electron chi connectivity index (χ0n) is 29.8. The van der Waals surface area contributed by atoms with Crippen LogP contribution in [0.25, 0.3) is 83.6 Å². The monoisotopic (exact) mass is 674 g/mol. The van der Waals surface area contributed by atoms with Crippen molar-refractivity contribution < 1.29 is 4.42 Å². The highest BCUT2D eigenvalue weighted by Gasteiger charge is 2.38. The van der Waals surface area contributed by atoms with Gasteiger partial charge in [-0.1, -0.05) is 119 Å². The fourth-order valence-electron chi connectivity index (χ4n) is 8.38. The summed E-state index contributed by atoms with van der Waals surface area (Å²) < 4.78 is 8.97. The molecule has 0 saturated heterocycles. The van der Waals surface area contributed by atoms with Gasteiger partial charge in [-0.05, 0) is 77.3 Å². The van der Waals surface area contributed by atoms with Crippen LogP contribution < -0.4 is 0 Å². The van der Waals surface area contributed by atoms with Crippen molar-refractivity contribution in [3.05, 3.63) is 145 Å². The van der Waals surface area contributed by atoms with Crippen LogP contribution in [-0.4, -0.2) is 19.5 Å². The summed E-state index contributed by atoms with van der Waals surface area (Å²) in [5.41, 5.74) is 11.1. The molecule has 0 fully saturated rings. The molecule has 0 bridgehead atoms. The molecule has 52 heavy (non-hydrogen) atoms. The number of aromatic nitrogens is 4. The fraction of sp³-hybridized carbons (Fsp3) is 0.170. The third kappa shape index (κ3) is 4.72. The molecular formula is C47H38N4O. The van der Waals surface area contributed by atoms with Gasteiger partial charge in [-0.25, -0.2) is 15.0 Å². The number of para-hydroxylation sites is 1. The maximum atomic E-state index is 6.54. The Morgan fingerprint density at radius 3 is 1.81 bits per heavy atom. The first kappa shape index (κ1) is 30.7. The van der Waals surface area contributed by atoms with E-state index in [4.69, 9.17) is 19.4 Å². The summed E-state index contributed by atoms with van der Waals surface area (Å²) in [5.74, 6) is 1.88. The molecule has 0 atom stereocenters. The maximum absolute atomic E-state index is 6.54. The molecule has 1 aliphatic carbocycles. The van der Waals surface area contributed by atoms with Crippen LogP contribution in [0.4, 0.5) is 0 Å². The Kier molecular flexibility index (Phi) is 6.63. The Labute approximate surface area is 302 Å². The second-order valence-electron chi connectivity index (χ2n) is 15.5. The molecule has 3 aromatic heterocycles. The van der Waals surface area contributed by atoms with Crippen molar-refractivity contribution in [2.45, 2.75) is 51.4 Å². The fourth-order valence-corrected chi connectivity index (χ4v) is 8.38. The van der Waals surface area contributed by atoms with Gasteiger partial charge < -0.3 is 8.98 Å². The largest absolute Gasteiger partial charge is 0.456 e. The van der Waals surface area contributed by atoms with Crippen LogP contribution in [0.1, 0.15) is 51.7 Å². The van der Waals surface area contributed by atoms with Gasteiger partial charge in [-0.3, -0.25) is 0 Å². The van der Waals surface area contributed by atoms with Crippen molar-refractivity contribution in [2.75, 3.05) is 0 Å². The Bertz CT molecular complexity index is 2790. The van der Waals surface area contributed by atoms with Crippen molar-refractivity contribution in [1.82, 2.24) is 19.5 Å². The minimum absolute atomic E-state index is 0.0989. The van der Waals surface area contributed by atoms with Gasteiger partial charge in [0.1, 0.15) is 11.2 Å². The SMILES string of the molecule is CC1(C)CCC(C)(C)c2cc3c(cc21)c1ccccc1n3-c1ccc2oc3cccc(-c4nc(-c5ccccc5)nc(-c5ccccc5)n4)c3c2c1. The summed E-state index contributed by atoms with van der Waals surface area (Å²) in [6.45, 7) is 9.61. The van der Waals surface area contributed by atoms with E-state index in [1.807, 2.05) is 72.8 Å². The molecule has 6 aromatic carbocycles. The minimum atomic E-state index is 0.0989. The lowest BCUT2D eigenvalue weighted by Gasteiger charge is -2.42. The van der Waals surface area contributed by atoms with Gasteiger partial charge in [0.15, 0.2) is 17.5 Å². The van der Waals surface area contributed by atoms with Crippen LogP contribution in [0.2, 0.25) is 0 Å². The number of hydrogen-bond acceptors (Lipinski definition) is 4. The lowest BCUT2D eigenvalue weighted by Crippen LogP contribution is -2.33. The van der Waals surface area contributed by atoms with Gasteiger partial charge in [0.05, 0.1) is 11.0 Å². The van der Waals surface area contributed by atoms with E-state index in [0.717, 1.165) is 44.3 Å². The highest BCUT2D eigenvalue weighted by molar-refractivity contribution is 6.14. The van der Waals surface area contributed by atoms with E-state index < -0.39 is 0 Å². The van der Waals surface area contributed by atoms with E-state index in [9.17, 15) is 0 Å². The Hall–Kier alpha value is -6.07. The first-order chi connectivity index (χ1) is 25.2. The smallest absolute Gasteiger partial charge is 0.164 e. The molecule has 5 nitrogen and oxygen atoms in total. The van der Waals surface area contributed by atoms with E-state index in [1.165, 1.54) is 45.8 Å². The molecule has 1 aliphatic rings. The number of nitrogens with zero attached hydrogens (tertiary/aromatic N) is 4. The Balaban J connectivity index is 1.23. The zero-order valence-corrected chi connectivity index (χ0v) is 29.8. The Morgan fingerprint density at radius 2 is 1.12 bits per heavy atom. The lowest BCUT2D eigenvalue weighted by molar-refractivity contribution is 0.332. The van der Waals surface area contributed by atoms with Crippen molar-refractivity contribution in [2.24, 2.45) is 0 Å². The second-order valence-corrected chi connectivity index (χ2v) is 15.5. The van der Waals surface area contributed by atoms with Crippen LogP contribution in [-0.2, 0) is 10.8 Å². The predicted molar refractivity (Wildman–Crippen MR) is 213 cm³/mol. The number of fused-ring (bicyclic) bond motifs is 7. The molecule has 0 N–H and O–H groups in total. The number of benzene rings is 6. The molecule has 252 valence electrons. The van der Waals surface area contributed by atoms with E-state index >= 15 is 0 Å². The lowest BCUT2D eigenvalue weighted by atomic mass is 9.63. The van der Waals surface area contributed by atoms with Crippen LogP contribution in [0, 0.1) is 0 Å².